The summed E-state index contributed by atoms with van der Waals surface area (Å²) in [6, 6.07) is 7.92. The van der Waals surface area contributed by atoms with Gasteiger partial charge >= 0.3 is 0 Å². The molecule has 17 heavy (non-hydrogen) atoms. The molecule has 0 aliphatic rings. The second kappa shape index (κ2) is 6.85. The van der Waals surface area contributed by atoms with E-state index in [4.69, 9.17) is 17.0 Å². The zero-order valence-corrected chi connectivity index (χ0v) is 11.1. The Morgan fingerprint density at radius 1 is 1.35 bits per heavy atom. The van der Waals surface area contributed by atoms with E-state index >= 15 is 0 Å². The summed E-state index contributed by atoms with van der Waals surface area (Å²) in [7, 11) is 3.41. The van der Waals surface area contributed by atoms with Gasteiger partial charge < -0.3 is 10.1 Å². The summed E-state index contributed by atoms with van der Waals surface area (Å²) in [5, 5.41) is 7.47. The SMILES string of the molecule is CNC(=S)N/N=C(\C)Cc1ccc(OC)cc1. The normalized spacial score (nSPS) is 10.9. The number of nitrogens with one attached hydrogen (secondary N) is 2. The van der Waals surface area contributed by atoms with Crippen molar-refractivity contribution in [1.82, 2.24) is 10.7 Å². The molecule has 0 unspecified atom stereocenters. The van der Waals surface area contributed by atoms with Crippen LogP contribution in [-0.4, -0.2) is 25.0 Å². The molecule has 2 N–H and O–H groups in total. The summed E-state index contributed by atoms with van der Waals surface area (Å²) >= 11 is 4.93. The number of hydrogen-bond acceptors (Lipinski definition) is 3. The largest absolute Gasteiger partial charge is 0.497 e. The Kier molecular flexibility index (Phi) is 5.42. The van der Waals surface area contributed by atoms with Crippen molar-refractivity contribution in [2.75, 3.05) is 14.2 Å². The van der Waals surface area contributed by atoms with Crippen LogP contribution in [0.15, 0.2) is 29.4 Å². The Balaban J connectivity index is 2.54. The molecule has 0 aliphatic carbocycles. The molecule has 0 atom stereocenters. The Labute approximate surface area is 107 Å². The fourth-order valence-electron chi connectivity index (χ4n) is 1.28. The molecule has 0 aromatic heterocycles. The molecule has 0 heterocycles. The molecule has 0 radical (unpaired) electrons. The van der Waals surface area contributed by atoms with E-state index in [0.717, 1.165) is 17.9 Å². The van der Waals surface area contributed by atoms with E-state index in [0.29, 0.717) is 5.11 Å². The summed E-state index contributed by atoms with van der Waals surface area (Å²) in [5.41, 5.74) is 4.91. The van der Waals surface area contributed by atoms with Gasteiger partial charge in [0, 0.05) is 19.2 Å². The molecular formula is C12H17N3OS. The number of hydrazone groups is 1. The average molecular weight is 251 g/mol. The predicted molar refractivity (Wildman–Crippen MR) is 74.6 cm³/mol. The van der Waals surface area contributed by atoms with Crippen LogP contribution in [0.5, 0.6) is 5.75 Å². The van der Waals surface area contributed by atoms with Crippen LogP contribution in [0.3, 0.4) is 0 Å². The third-order valence-corrected chi connectivity index (χ3v) is 2.49. The molecule has 0 saturated carbocycles. The van der Waals surface area contributed by atoms with E-state index in [1.54, 1.807) is 14.2 Å². The van der Waals surface area contributed by atoms with Crippen molar-refractivity contribution in [3.63, 3.8) is 0 Å². The second-order valence-corrected chi connectivity index (χ2v) is 3.97. The summed E-state index contributed by atoms with van der Waals surface area (Å²) < 4.78 is 5.10. The van der Waals surface area contributed by atoms with Crippen LogP contribution in [0, 0.1) is 0 Å². The van der Waals surface area contributed by atoms with Crippen LogP contribution in [-0.2, 0) is 6.42 Å². The minimum absolute atomic E-state index is 0.513. The quantitative estimate of drug-likeness (QED) is 0.486. The monoisotopic (exact) mass is 251 g/mol. The lowest BCUT2D eigenvalue weighted by molar-refractivity contribution is 0.414. The molecule has 0 saturated heterocycles. The lowest BCUT2D eigenvalue weighted by Gasteiger charge is -2.05. The number of thiocarbonyl (C=S) groups is 1. The zero-order valence-electron chi connectivity index (χ0n) is 10.3. The molecule has 4 nitrogen and oxygen atoms in total. The third kappa shape index (κ3) is 4.82. The Bertz CT molecular complexity index is 401. The molecule has 0 spiro atoms. The van der Waals surface area contributed by atoms with Gasteiger partial charge in [0.05, 0.1) is 7.11 Å². The van der Waals surface area contributed by atoms with Crippen molar-refractivity contribution in [2.24, 2.45) is 5.10 Å². The molecule has 0 amide bonds. The standard InChI is InChI=1S/C12H17N3OS/c1-9(14-15-12(17)13-2)8-10-4-6-11(16-3)7-5-10/h4-7H,8H2,1-3H3,(H2,13,15,17)/b14-9+. The average Bonchev–Trinajstić information content (AvgIpc) is 2.36. The van der Waals surface area contributed by atoms with Gasteiger partial charge in [-0.2, -0.15) is 5.10 Å². The molecular weight excluding hydrogens is 234 g/mol. The van der Waals surface area contributed by atoms with Gasteiger partial charge in [0.1, 0.15) is 5.75 Å². The Morgan fingerprint density at radius 2 is 2.00 bits per heavy atom. The number of rotatable bonds is 4. The van der Waals surface area contributed by atoms with Gasteiger partial charge in [0.25, 0.3) is 0 Å². The number of nitrogens with zero attached hydrogens (tertiary/aromatic N) is 1. The molecule has 1 aromatic rings. The first kappa shape index (κ1) is 13.4. The maximum Gasteiger partial charge on any atom is 0.186 e. The van der Waals surface area contributed by atoms with Crippen LogP contribution in [0.1, 0.15) is 12.5 Å². The van der Waals surface area contributed by atoms with Crippen molar-refractivity contribution < 1.29 is 4.74 Å². The summed E-state index contributed by atoms with van der Waals surface area (Å²) in [6.07, 6.45) is 0.781. The lowest BCUT2D eigenvalue weighted by atomic mass is 10.1. The lowest BCUT2D eigenvalue weighted by Crippen LogP contribution is -2.29. The molecule has 5 heteroatoms. The maximum absolute atomic E-state index is 5.10. The van der Waals surface area contributed by atoms with Crippen LogP contribution in [0.2, 0.25) is 0 Å². The van der Waals surface area contributed by atoms with E-state index in [1.807, 2.05) is 31.2 Å². The predicted octanol–water partition coefficient (Wildman–Crippen LogP) is 1.71. The van der Waals surface area contributed by atoms with E-state index in [9.17, 15) is 0 Å². The highest BCUT2D eigenvalue weighted by Gasteiger charge is 1.97. The Hall–Kier alpha value is -1.62. The maximum atomic E-state index is 5.10. The number of benzene rings is 1. The van der Waals surface area contributed by atoms with Crippen molar-refractivity contribution in [1.29, 1.82) is 0 Å². The fraction of sp³-hybridized carbons (Fsp3) is 0.333. The molecule has 0 aliphatic heterocycles. The van der Waals surface area contributed by atoms with Gasteiger partial charge in [-0.25, -0.2) is 0 Å². The van der Waals surface area contributed by atoms with Crippen molar-refractivity contribution >= 4 is 23.0 Å². The topological polar surface area (TPSA) is 45.7 Å². The summed E-state index contributed by atoms with van der Waals surface area (Å²) in [5.74, 6) is 0.859. The first-order valence-electron chi connectivity index (χ1n) is 5.29. The van der Waals surface area contributed by atoms with Crippen LogP contribution >= 0.6 is 12.2 Å². The first-order valence-corrected chi connectivity index (χ1v) is 5.70. The molecule has 0 fully saturated rings. The summed E-state index contributed by atoms with van der Waals surface area (Å²) in [6.45, 7) is 1.95. The van der Waals surface area contributed by atoms with Crippen LogP contribution < -0.4 is 15.5 Å². The number of methoxy groups -OCH3 is 1. The minimum Gasteiger partial charge on any atom is -0.497 e. The summed E-state index contributed by atoms with van der Waals surface area (Å²) in [4.78, 5) is 0. The zero-order chi connectivity index (χ0) is 12.7. The minimum atomic E-state index is 0.513. The first-order chi connectivity index (χ1) is 8.15. The smallest absolute Gasteiger partial charge is 0.186 e. The Morgan fingerprint density at radius 3 is 2.53 bits per heavy atom. The molecule has 1 aromatic carbocycles. The third-order valence-electron chi connectivity index (χ3n) is 2.19. The fourth-order valence-corrected chi connectivity index (χ4v) is 1.33. The van der Waals surface area contributed by atoms with Gasteiger partial charge in [-0.05, 0) is 36.8 Å². The van der Waals surface area contributed by atoms with Gasteiger partial charge in [-0.3, -0.25) is 5.43 Å². The van der Waals surface area contributed by atoms with Crippen LogP contribution in [0.4, 0.5) is 0 Å². The van der Waals surface area contributed by atoms with E-state index in [2.05, 4.69) is 15.8 Å². The van der Waals surface area contributed by atoms with Gasteiger partial charge in [0.15, 0.2) is 5.11 Å². The van der Waals surface area contributed by atoms with Gasteiger partial charge in [0.2, 0.25) is 0 Å². The van der Waals surface area contributed by atoms with Gasteiger partial charge in [-0.1, -0.05) is 12.1 Å². The van der Waals surface area contributed by atoms with E-state index in [-0.39, 0.29) is 0 Å². The van der Waals surface area contributed by atoms with E-state index in [1.165, 1.54) is 5.56 Å². The highest BCUT2D eigenvalue weighted by molar-refractivity contribution is 7.80. The van der Waals surface area contributed by atoms with E-state index < -0.39 is 0 Å². The second-order valence-electron chi connectivity index (χ2n) is 3.56. The van der Waals surface area contributed by atoms with Crippen LogP contribution in [0.25, 0.3) is 0 Å². The van der Waals surface area contributed by atoms with Crippen molar-refractivity contribution in [2.45, 2.75) is 13.3 Å². The number of ether oxygens (including phenoxy) is 1. The highest BCUT2D eigenvalue weighted by atomic mass is 32.1. The van der Waals surface area contributed by atoms with Crippen molar-refractivity contribution in [3.8, 4) is 5.75 Å². The highest BCUT2D eigenvalue weighted by Crippen LogP contribution is 2.11. The molecule has 0 bridgehead atoms. The van der Waals surface area contributed by atoms with Crippen molar-refractivity contribution in [3.05, 3.63) is 29.8 Å². The molecule has 92 valence electrons. The van der Waals surface area contributed by atoms with Gasteiger partial charge in [-0.15, -0.1) is 0 Å². The number of hydrogen-bond donors (Lipinski definition) is 2. The molecule has 1 rings (SSSR count).